The number of aromatic carboxylic acids is 1. The van der Waals surface area contributed by atoms with E-state index in [-0.39, 0.29) is 11.7 Å². The van der Waals surface area contributed by atoms with Gasteiger partial charge in [0.15, 0.2) is 5.69 Å². The summed E-state index contributed by atoms with van der Waals surface area (Å²) in [5, 5.41) is 8.81. The molecule has 0 amide bonds. The van der Waals surface area contributed by atoms with Gasteiger partial charge in [0, 0.05) is 12.2 Å². The number of benzene rings is 1. The van der Waals surface area contributed by atoms with Crippen molar-refractivity contribution in [2.45, 2.75) is 25.8 Å². The Morgan fingerprint density at radius 1 is 1.39 bits per heavy atom. The van der Waals surface area contributed by atoms with Gasteiger partial charge in [-0.2, -0.15) is 0 Å². The molecule has 0 aliphatic carbocycles. The predicted molar refractivity (Wildman–Crippen MR) is 68.7 cm³/mol. The van der Waals surface area contributed by atoms with Crippen molar-refractivity contribution >= 4 is 5.97 Å². The summed E-state index contributed by atoms with van der Waals surface area (Å²) in [5.41, 5.74) is 1.39. The summed E-state index contributed by atoms with van der Waals surface area (Å²) in [4.78, 5) is 14.6. The van der Waals surface area contributed by atoms with Crippen molar-refractivity contribution in [1.82, 2.24) is 9.55 Å². The maximum absolute atomic E-state index is 10.7. The largest absolute Gasteiger partial charge is 0.476 e. The average Bonchev–Trinajstić information content (AvgIpc) is 2.87. The Bertz CT molecular complexity index is 520. The van der Waals surface area contributed by atoms with E-state index >= 15 is 0 Å². The summed E-state index contributed by atoms with van der Waals surface area (Å²) < 4.78 is 1.85. The Balaban J connectivity index is 1.95. The van der Waals surface area contributed by atoms with Gasteiger partial charge in [-0.3, -0.25) is 0 Å². The molecule has 0 saturated carbocycles. The Morgan fingerprint density at radius 2 is 2.11 bits per heavy atom. The van der Waals surface area contributed by atoms with Gasteiger partial charge in [-0.15, -0.1) is 0 Å². The van der Waals surface area contributed by atoms with E-state index in [0.29, 0.717) is 0 Å². The van der Waals surface area contributed by atoms with Crippen LogP contribution in [0.2, 0.25) is 0 Å². The Kier molecular flexibility index (Phi) is 3.77. The first kappa shape index (κ1) is 12.4. The topological polar surface area (TPSA) is 55.1 Å². The average molecular weight is 244 g/mol. The molecule has 0 saturated heterocycles. The van der Waals surface area contributed by atoms with Crippen LogP contribution in [-0.4, -0.2) is 20.6 Å². The number of hydrogen-bond acceptors (Lipinski definition) is 2. The lowest BCUT2D eigenvalue weighted by Gasteiger charge is -2.12. The first-order valence-electron chi connectivity index (χ1n) is 5.97. The number of imidazole rings is 1. The second kappa shape index (κ2) is 5.49. The highest BCUT2D eigenvalue weighted by Gasteiger charge is 2.10. The van der Waals surface area contributed by atoms with E-state index in [2.05, 4.69) is 24.0 Å². The maximum atomic E-state index is 10.7. The Labute approximate surface area is 106 Å². The van der Waals surface area contributed by atoms with E-state index in [1.807, 2.05) is 22.8 Å². The number of carboxylic acids is 1. The molecule has 4 nitrogen and oxygen atoms in total. The molecule has 1 N–H and O–H groups in total. The highest BCUT2D eigenvalue weighted by Crippen LogP contribution is 2.15. The molecule has 1 atom stereocenters. The fourth-order valence-electron chi connectivity index (χ4n) is 1.86. The minimum absolute atomic E-state index is 0.0987. The fraction of sp³-hybridized carbons (Fsp3) is 0.286. The molecule has 1 aromatic carbocycles. The van der Waals surface area contributed by atoms with E-state index in [9.17, 15) is 4.79 Å². The summed E-state index contributed by atoms with van der Waals surface area (Å²) in [7, 11) is 0. The summed E-state index contributed by atoms with van der Waals surface area (Å²) in [6.07, 6.45) is 5.10. The zero-order chi connectivity index (χ0) is 13.0. The van der Waals surface area contributed by atoms with Crippen molar-refractivity contribution in [3.63, 3.8) is 0 Å². The smallest absolute Gasteiger partial charge is 0.356 e. The SMILES string of the molecule is CC(CCc1ccccc1)n1cnc(C(=O)O)c1. The molecule has 18 heavy (non-hydrogen) atoms. The molecule has 1 aromatic heterocycles. The molecular formula is C14H16N2O2. The minimum atomic E-state index is -0.982. The normalized spacial score (nSPS) is 12.3. The van der Waals surface area contributed by atoms with E-state index in [1.54, 1.807) is 12.5 Å². The second-order valence-electron chi connectivity index (χ2n) is 4.38. The predicted octanol–water partition coefficient (Wildman–Crippen LogP) is 2.78. The Hall–Kier alpha value is -2.10. The number of hydrogen-bond donors (Lipinski definition) is 1. The third-order valence-corrected chi connectivity index (χ3v) is 3.02. The van der Waals surface area contributed by atoms with Crippen LogP contribution in [0.3, 0.4) is 0 Å². The number of carboxylic acid groups (broad SMARTS) is 1. The van der Waals surface area contributed by atoms with Gasteiger partial charge in [0.1, 0.15) is 0 Å². The fourth-order valence-corrected chi connectivity index (χ4v) is 1.86. The highest BCUT2D eigenvalue weighted by molar-refractivity contribution is 5.84. The van der Waals surface area contributed by atoms with Crippen molar-refractivity contribution in [2.24, 2.45) is 0 Å². The van der Waals surface area contributed by atoms with E-state index < -0.39 is 5.97 Å². The quantitative estimate of drug-likeness (QED) is 0.879. The number of nitrogens with zero attached hydrogens (tertiary/aromatic N) is 2. The number of aromatic nitrogens is 2. The van der Waals surface area contributed by atoms with Crippen LogP contribution in [0.5, 0.6) is 0 Å². The lowest BCUT2D eigenvalue weighted by molar-refractivity contribution is 0.0691. The molecule has 0 aliphatic heterocycles. The van der Waals surface area contributed by atoms with Gasteiger partial charge in [0.25, 0.3) is 0 Å². The van der Waals surface area contributed by atoms with Crippen LogP contribution < -0.4 is 0 Å². The van der Waals surface area contributed by atoms with Crippen LogP contribution in [0.4, 0.5) is 0 Å². The number of aryl methyl sites for hydroxylation is 1. The molecule has 0 fully saturated rings. The summed E-state index contributed by atoms with van der Waals surface area (Å²) in [6, 6.07) is 10.5. The summed E-state index contributed by atoms with van der Waals surface area (Å²) in [5.74, 6) is -0.982. The molecule has 1 unspecified atom stereocenters. The van der Waals surface area contributed by atoms with Gasteiger partial charge < -0.3 is 9.67 Å². The maximum Gasteiger partial charge on any atom is 0.356 e. The molecule has 2 rings (SSSR count). The molecule has 0 spiro atoms. The van der Waals surface area contributed by atoms with Crippen LogP contribution in [-0.2, 0) is 6.42 Å². The zero-order valence-corrected chi connectivity index (χ0v) is 10.3. The highest BCUT2D eigenvalue weighted by atomic mass is 16.4. The van der Waals surface area contributed by atoms with Crippen molar-refractivity contribution in [3.05, 3.63) is 54.1 Å². The van der Waals surface area contributed by atoms with Gasteiger partial charge in [-0.25, -0.2) is 9.78 Å². The van der Waals surface area contributed by atoms with Crippen molar-refractivity contribution < 1.29 is 9.90 Å². The van der Waals surface area contributed by atoms with E-state index in [4.69, 9.17) is 5.11 Å². The third-order valence-electron chi connectivity index (χ3n) is 3.02. The van der Waals surface area contributed by atoms with Gasteiger partial charge in [0.2, 0.25) is 0 Å². The molecule has 0 aliphatic rings. The minimum Gasteiger partial charge on any atom is -0.476 e. The second-order valence-corrected chi connectivity index (χ2v) is 4.38. The standard InChI is InChI=1S/C14H16N2O2/c1-11(7-8-12-5-3-2-4-6-12)16-9-13(14(17)18)15-10-16/h2-6,9-11H,7-8H2,1H3,(H,17,18). The molecule has 94 valence electrons. The van der Waals surface area contributed by atoms with Crippen LogP contribution in [0.1, 0.15) is 35.4 Å². The summed E-state index contributed by atoms with van der Waals surface area (Å²) in [6.45, 7) is 2.07. The Morgan fingerprint density at radius 3 is 2.72 bits per heavy atom. The third kappa shape index (κ3) is 2.97. The van der Waals surface area contributed by atoms with Gasteiger partial charge in [-0.1, -0.05) is 30.3 Å². The number of rotatable bonds is 5. The molecule has 0 bridgehead atoms. The van der Waals surface area contributed by atoms with Gasteiger partial charge in [-0.05, 0) is 25.3 Å². The van der Waals surface area contributed by atoms with Crippen LogP contribution in [0.15, 0.2) is 42.9 Å². The van der Waals surface area contributed by atoms with Crippen molar-refractivity contribution in [3.8, 4) is 0 Å². The summed E-state index contributed by atoms with van der Waals surface area (Å²) >= 11 is 0. The van der Waals surface area contributed by atoms with Crippen LogP contribution >= 0.6 is 0 Å². The van der Waals surface area contributed by atoms with Crippen molar-refractivity contribution in [1.29, 1.82) is 0 Å². The lowest BCUT2D eigenvalue weighted by Crippen LogP contribution is -2.04. The van der Waals surface area contributed by atoms with E-state index in [1.165, 1.54) is 5.56 Å². The monoisotopic (exact) mass is 244 g/mol. The molecular weight excluding hydrogens is 228 g/mol. The lowest BCUT2D eigenvalue weighted by atomic mass is 10.1. The molecule has 1 heterocycles. The first-order valence-corrected chi connectivity index (χ1v) is 5.97. The van der Waals surface area contributed by atoms with Crippen molar-refractivity contribution in [2.75, 3.05) is 0 Å². The van der Waals surface area contributed by atoms with Crippen LogP contribution in [0.25, 0.3) is 0 Å². The van der Waals surface area contributed by atoms with Crippen LogP contribution in [0, 0.1) is 0 Å². The molecule has 2 aromatic rings. The molecule has 4 heteroatoms. The molecule has 0 radical (unpaired) electrons. The number of carbonyl (C=O) groups is 1. The zero-order valence-electron chi connectivity index (χ0n) is 10.3. The van der Waals surface area contributed by atoms with E-state index in [0.717, 1.165) is 12.8 Å². The van der Waals surface area contributed by atoms with Gasteiger partial charge >= 0.3 is 5.97 Å². The van der Waals surface area contributed by atoms with Gasteiger partial charge in [0.05, 0.1) is 6.33 Å². The first-order chi connectivity index (χ1) is 8.66.